The number of para-hydroxylation sites is 2. The quantitative estimate of drug-likeness (QED) is 0.759. The topological polar surface area (TPSA) is 64.5 Å². The first-order chi connectivity index (χ1) is 10.2. The Morgan fingerprint density at radius 1 is 1.29 bits per heavy atom. The molecule has 0 saturated carbocycles. The molecule has 0 fully saturated rings. The molecule has 0 bridgehead atoms. The van der Waals surface area contributed by atoms with Gasteiger partial charge in [-0.05, 0) is 37.3 Å². The van der Waals surface area contributed by atoms with E-state index in [4.69, 9.17) is 16.9 Å². The molecule has 0 spiro atoms. The van der Waals surface area contributed by atoms with E-state index in [9.17, 15) is 0 Å². The summed E-state index contributed by atoms with van der Waals surface area (Å²) in [5.74, 6) is 0.829. The number of nitrogens with one attached hydrogen (secondary N) is 2. The van der Waals surface area contributed by atoms with E-state index in [2.05, 4.69) is 21.4 Å². The summed E-state index contributed by atoms with van der Waals surface area (Å²) in [4.78, 5) is 7.84. The molecule has 3 aromatic rings. The summed E-state index contributed by atoms with van der Waals surface area (Å²) in [5.41, 5.74) is 3.19. The number of halogens is 1. The molecule has 0 amide bonds. The third-order valence-corrected chi connectivity index (χ3v) is 3.53. The van der Waals surface area contributed by atoms with Crippen molar-refractivity contribution in [2.45, 2.75) is 13.0 Å². The number of hydrogen-bond acceptors (Lipinski definition) is 3. The molecule has 1 unspecified atom stereocenters. The summed E-state index contributed by atoms with van der Waals surface area (Å²) in [6.07, 6.45) is 0. The molecule has 4 nitrogen and oxygen atoms in total. The lowest BCUT2D eigenvalue weighted by Gasteiger charge is -2.14. The minimum absolute atomic E-state index is 0.0503. The summed E-state index contributed by atoms with van der Waals surface area (Å²) in [5, 5.41) is 13.0. The van der Waals surface area contributed by atoms with Gasteiger partial charge in [-0.3, -0.25) is 0 Å². The van der Waals surface area contributed by atoms with E-state index in [1.807, 2.05) is 31.2 Å². The second-order valence-corrected chi connectivity index (χ2v) is 5.24. The number of aromatic nitrogens is 2. The molecule has 0 radical (unpaired) electrons. The second-order valence-electron chi connectivity index (χ2n) is 4.81. The second kappa shape index (κ2) is 5.47. The van der Waals surface area contributed by atoms with E-state index in [1.54, 1.807) is 18.2 Å². The van der Waals surface area contributed by atoms with E-state index >= 15 is 0 Å². The first-order valence-electron chi connectivity index (χ1n) is 6.58. The fourth-order valence-electron chi connectivity index (χ4n) is 2.21. The van der Waals surface area contributed by atoms with Gasteiger partial charge in [0.2, 0.25) is 0 Å². The van der Waals surface area contributed by atoms with Gasteiger partial charge in [0, 0.05) is 5.02 Å². The zero-order valence-corrected chi connectivity index (χ0v) is 12.1. The molecular weight excluding hydrogens is 284 g/mol. The van der Waals surface area contributed by atoms with Crippen LogP contribution in [-0.4, -0.2) is 9.97 Å². The van der Waals surface area contributed by atoms with Crippen molar-refractivity contribution >= 4 is 28.3 Å². The van der Waals surface area contributed by atoms with Crippen molar-refractivity contribution in [2.75, 3.05) is 5.32 Å². The Morgan fingerprint density at radius 3 is 2.86 bits per heavy atom. The molecular formula is C16H13ClN4. The van der Waals surface area contributed by atoms with Crippen LogP contribution in [0.4, 0.5) is 5.69 Å². The van der Waals surface area contributed by atoms with E-state index in [0.29, 0.717) is 10.6 Å². The Hall–Kier alpha value is -2.51. The lowest BCUT2D eigenvalue weighted by Crippen LogP contribution is -2.09. The number of H-pyrrole nitrogens is 1. The maximum Gasteiger partial charge on any atom is 0.129 e. The number of benzene rings is 2. The van der Waals surface area contributed by atoms with Crippen molar-refractivity contribution in [1.29, 1.82) is 5.26 Å². The molecule has 0 aliphatic rings. The molecule has 1 aromatic heterocycles. The van der Waals surface area contributed by atoms with Crippen LogP contribution in [-0.2, 0) is 0 Å². The third kappa shape index (κ3) is 2.69. The fourth-order valence-corrected chi connectivity index (χ4v) is 2.39. The lowest BCUT2D eigenvalue weighted by molar-refractivity contribution is 0.815. The maximum absolute atomic E-state index is 9.17. The van der Waals surface area contributed by atoms with E-state index in [1.165, 1.54) is 0 Å². The molecule has 0 saturated heterocycles. The Balaban J connectivity index is 1.89. The van der Waals surface area contributed by atoms with Crippen LogP contribution in [0.25, 0.3) is 11.0 Å². The first kappa shape index (κ1) is 13.5. The van der Waals surface area contributed by atoms with Crippen molar-refractivity contribution in [3.63, 3.8) is 0 Å². The molecule has 0 aliphatic heterocycles. The van der Waals surface area contributed by atoms with Crippen LogP contribution < -0.4 is 5.32 Å². The highest BCUT2D eigenvalue weighted by molar-refractivity contribution is 6.30. The van der Waals surface area contributed by atoms with Gasteiger partial charge in [0.05, 0.1) is 28.3 Å². The number of anilines is 1. The number of nitriles is 1. The van der Waals surface area contributed by atoms with Crippen LogP contribution in [0.3, 0.4) is 0 Å². The first-order valence-corrected chi connectivity index (χ1v) is 6.96. The van der Waals surface area contributed by atoms with Gasteiger partial charge < -0.3 is 10.3 Å². The van der Waals surface area contributed by atoms with Gasteiger partial charge in [-0.25, -0.2) is 4.98 Å². The van der Waals surface area contributed by atoms with Crippen LogP contribution in [0, 0.1) is 11.3 Å². The van der Waals surface area contributed by atoms with Crippen molar-refractivity contribution in [2.24, 2.45) is 0 Å². The highest BCUT2D eigenvalue weighted by atomic mass is 35.5. The van der Waals surface area contributed by atoms with E-state index < -0.39 is 0 Å². The SMILES string of the molecule is CC(Nc1ccc(Cl)cc1C#N)c1nc2ccccc2[nH]1. The zero-order chi connectivity index (χ0) is 14.8. The largest absolute Gasteiger partial charge is 0.374 e. The third-order valence-electron chi connectivity index (χ3n) is 3.29. The molecule has 5 heteroatoms. The van der Waals surface area contributed by atoms with Crippen molar-refractivity contribution in [3.05, 3.63) is 58.9 Å². The standard InChI is InChI=1S/C16H13ClN4/c1-10(16-20-14-4-2-3-5-15(14)21-16)19-13-7-6-12(17)8-11(13)9-18/h2-8,10,19H,1H3,(H,20,21). The van der Waals surface area contributed by atoms with Gasteiger partial charge in [-0.15, -0.1) is 0 Å². The predicted molar refractivity (Wildman–Crippen MR) is 84.3 cm³/mol. The average Bonchev–Trinajstić information content (AvgIpc) is 2.93. The van der Waals surface area contributed by atoms with Gasteiger partial charge in [-0.1, -0.05) is 23.7 Å². The minimum Gasteiger partial charge on any atom is -0.374 e. The smallest absolute Gasteiger partial charge is 0.129 e. The van der Waals surface area contributed by atoms with Gasteiger partial charge in [-0.2, -0.15) is 5.26 Å². The molecule has 1 heterocycles. The van der Waals surface area contributed by atoms with E-state index in [0.717, 1.165) is 22.5 Å². The number of hydrogen-bond donors (Lipinski definition) is 2. The molecule has 21 heavy (non-hydrogen) atoms. The number of aromatic amines is 1. The molecule has 1 atom stereocenters. The summed E-state index contributed by atoms with van der Waals surface area (Å²) in [6, 6.07) is 15.2. The molecule has 104 valence electrons. The molecule has 2 aromatic carbocycles. The Kier molecular flexibility index (Phi) is 3.51. The molecule has 2 N–H and O–H groups in total. The number of nitrogens with zero attached hydrogens (tertiary/aromatic N) is 2. The summed E-state index contributed by atoms with van der Waals surface area (Å²) >= 11 is 5.91. The van der Waals surface area contributed by atoms with Gasteiger partial charge in [0.25, 0.3) is 0 Å². The molecule has 0 aliphatic carbocycles. The Bertz CT molecular complexity index is 799. The van der Waals surface area contributed by atoms with Crippen LogP contribution in [0.5, 0.6) is 0 Å². The van der Waals surface area contributed by atoms with Gasteiger partial charge in [0.15, 0.2) is 0 Å². The summed E-state index contributed by atoms with van der Waals surface area (Å²) < 4.78 is 0. The monoisotopic (exact) mass is 296 g/mol. The summed E-state index contributed by atoms with van der Waals surface area (Å²) in [7, 11) is 0. The van der Waals surface area contributed by atoms with Crippen LogP contribution >= 0.6 is 11.6 Å². The van der Waals surface area contributed by atoms with Crippen LogP contribution in [0.2, 0.25) is 5.02 Å². The normalized spacial score (nSPS) is 12.0. The highest BCUT2D eigenvalue weighted by Crippen LogP contribution is 2.24. The Morgan fingerprint density at radius 2 is 2.10 bits per heavy atom. The molecule has 3 rings (SSSR count). The van der Waals surface area contributed by atoms with Crippen molar-refractivity contribution in [1.82, 2.24) is 9.97 Å². The van der Waals surface area contributed by atoms with Gasteiger partial charge >= 0.3 is 0 Å². The summed E-state index contributed by atoms with van der Waals surface area (Å²) in [6.45, 7) is 1.99. The van der Waals surface area contributed by atoms with E-state index in [-0.39, 0.29) is 6.04 Å². The highest BCUT2D eigenvalue weighted by Gasteiger charge is 2.12. The van der Waals surface area contributed by atoms with Gasteiger partial charge in [0.1, 0.15) is 11.9 Å². The number of fused-ring (bicyclic) bond motifs is 1. The number of imidazole rings is 1. The minimum atomic E-state index is -0.0503. The average molecular weight is 297 g/mol. The van der Waals surface area contributed by atoms with Crippen LogP contribution in [0.1, 0.15) is 24.4 Å². The zero-order valence-electron chi connectivity index (χ0n) is 11.4. The fraction of sp³-hybridized carbons (Fsp3) is 0.125. The van der Waals surface area contributed by atoms with Crippen molar-refractivity contribution < 1.29 is 0 Å². The Labute approximate surface area is 127 Å². The van der Waals surface area contributed by atoms with Crippen LogP contribution in [0.15, 0.2) is 42.5 Å². The maximum atomic E-state index is 9.17. The number of rotatable bonds is 3. The lowest BCUT2D eigenvalue weighted by atomic mass is 10.1. The predicted octanol–water partition coefficient (Wildman–Crippen LogP) is 4.26. The van der Waals surface area contributed by atoms with Crippen molar-refractivity contribution in [3.8, 4) is 6.07 Å².